The summed E-state index contributed by atoms with van der Waals surface area (Å²) >= 11 is 0. The average Bonchev–Trinajstić information content (AvgIpc) is 2.37. The van der Waals surface area contributed by atoms with Gasteiger partial charge in [-0.3, -0.25) is 4.79 Å². The molecule has 1 N–H and O–H groups in total. The van der Waals surface area contributed by atoms with Gasteiger partial charge in [0.2, 0.25) is 0 Å². The van der Waals surface area contributed by atoms with E-state index in [9.17, 15) is 9.59 Å². The van der Waals surface area contributed by atoms with Crippen molar-refractivity contribution in [2.75, 3.05) is 39.4 Å². The number of nitrogens with zero attached hydrogens (tertiary/aromatic N) is 2. The highest BCUT2D eigenvalue weighted by atomic mass is 16.5. The Labute approximate surface area is 112 Å². The fourth-order valence-electron chi connectivity index (χ4n) is 2.40. The second-order valence-electron chi connectivity index (χ2n) is 4.95. The Kier molecular flexibility index (Phi) is 4.60. The molecule has 2 amide bonds. The summed E-state index contributed by atoms with van der Waals surface area (Å²) in [7, 11) is 0. The molecule has 0 aliphatic carbocycles. The summed E-state index contributed by atoms with van der Waals surface area (Å²) in [6, 6.07) is -0.0474. The second kappa shape index (κ2) is 6.21. The zero-order valence-electron chi connectivity index (χ0n) is 11.1. The summed E-state index contributed by atoms with van der Waals surface area (Å²) in [4.78, 5) is 26.4. The third-order valence-corrected chi connectivity index (χ3v) is 3.32. The van der Waals surface area contributed by atoms with Crippen LogP contribution >= 0.6 is 0 Å². The summed E-state index contributed by atoms with van der Waals surface area (Å²) in [5, 5.41) is 8.76. The fourth-order valence-corrected chi connectivity index (χ4v) is 2.40. The molecule has 2 unspecified atom stereocenters. The third kappa shape index (κ3) is 3.81. The van der Waals surface area contributed by atoms with Crippen molar-refractivity contribution in [3.05, 3.63) is 0 Å². The van der Waals surface area contributed by atoms with E-state index >= 15 is 0 Å². The number of ether oxygens (including phenoxy) is 2. The van der Waals surface area contributed by atoms with Gasteiger partial charge in [-0.05, 0) is 6.92 Å². The van der Waals surface area contributed by atoms with Gasteiger partial charge in [-0.25, -0.2) is 4.79 Å². The van der Waals surface area contributed by atoms with Crippen LogP contribution in [0.3, 0.4) is 0 Å². The first kappa shape index (κ1) is 14.1. The number of morpholine rings is 2. The number of carbonyl (C=O) groups is 2. The molecule has 0 bridgehead atoms. The molecule has 0 saturated carbocycles. The minimum atomic E-state index is -0.903. The van der Waals surface area contributed by atoms with Crippen molar-refractivity contribution in [2.45, 2.75) is 25.6 Å². The Hall–Kier alpha value is -1.34. The Morgan fingerprint density at radius 1 is 1.16 bits per heavy atom. The van der Waals surface area contributed by atoms with Gasteiger partial charge in [0, 0.05) is 26.2 Å². The van der Waals surface area contributed by atoms with E-state index in [0.29, 0.717) is 39.4 Å². The highest BCUT2D eigenvalue weighted by Crippen LogP contribution is 2.13. The fraction of sp³-hybridized carbons (Fsp3) is 0.833. The maximum atomic E-state index is 12.3. The Balaban J connectivity index is 1.89. The zero-order chi connectivity index (χ0) is 13.8. The number of hydrogen-bond acceptors (Lipinski definition) is 4. The predicted octanol–water partition coefficient (Wildman–Crippen LogP) is 0.00260. The Bertz CT molecular complexity index is 349. The molecule has 2 saturated heterocycles. The lowest BCUT2D eigenvalue weighted by Gasteiger charge is -2.38. The molecule has 7 heteroatoms. The molecule has 7 nitrogen and oxygen atoms in total. The number of hydrogen-bond donors (Lipinski definition) is 1. The first-order valence-corrected chi connectivity index (χ1v) is 6.55. The molecule has 0 spiro atoms. The molecule has 2 heterocycles. The van der Waals surface area contributed by atoms with Gasteiger partial charge in [-0.2, -0.15) is 0 Å². The van der Waals surface area contributed by atoms with Crippen molar-refractivity contribution in [1.29, 1.82) is 0 Å². The number of rotatable bonds is 2. The molecule has 0 aromatic rings. The van der Waals surface area contributed by atoms with Gasteiger partial charge in [0.05, 0.1) is 31.8 Å². The summed E-state index contributed by atoms with van der Waals surface area (Å²) < 4.78 is 10.8. The number of carboxylic acids is 1. The van der Waals surface area contributed by atoms with Crippen LogP contribution in [0, 0.1) is 0 Å². The lowest BCUT2D eigenvalue weighted by Crippen LogP contribution is -2.54. The van der Waals surface area contributed by atoms with Gasteiger partial charge >= 0.3 is 12.0 Å². The summed E-state index contributed by atoms with van der Waals surface area (Å²) in [5.41, 5.74) is 0. The maximum absolute atomic E-state index is 12.3. The van der Waals surface area contributed by atoms with Crippen LogP contribution in [0.25, 0.3) is 0 Å². The van der Waals surface area contributed by atoms with Crippen molar-refractivity contribution in [1.82, 2.24) is 9.80 Å². The monoisotopic (exact) mass is 272 g/mol. The van der Waals surface area contributed by atoms with E-state index < -0.39 is 12.1 Å². The number of carbonyl (C=O) groups excluding carboxylic acids is 1. The van der Waals surface area contributed by atoms with Crippen LogP contribution in [-0.4, -0.2) is 78.5 Å². The molecule has 19 heavy (non-hydrogen) atoms. The van der Waals surface area contributed by atoms with Crippen LogP contribution in [-0.2, 0) is 14.3 Å². The lowest BCUT2D eigenvalue weighted by molar-refractivity contribution is -0.141. The van der Waals surface area contributed by atoms with Crippen molar-refractivity contribution in [3.63, 3.8) is 0 Å². The Morgan fingerprint density at radius 3 is 2.42 bits per heavy atom. The molecule has 108 valence electrons. The normalized spacial score (nSPS) is 28.3. The molecule has 2 aliphatic rings. The predicted molar refractivity (Wildman–Crippen MR) is 65.9 cm³/mol. The third-order valence-electron chi connectivity index (χ3n) is 3.32. The molecule has 2 aliphatic heterocycles. The van der Waals surface area contributed by atoms with E-state index in [0.717, 1.165) is 0 Å². The highest BCUT2D eigenvalue weighted by Gasteiger charge is 2.30. The lowest BCUT2D eigenvalue weighted by atomic mass is 10.2. The smallest absolute Gasteiger partial charge is 0.320 e. The van der Waals surface area contributed by atoms with E-state index in [4.69, 9.17) is 14.6 Å². The van der Waals surface area contributed by atoms with E-state index in [1.54, 1.807) is 9.80 Å². The Morgan fingerprint density at radius 2 is 1.79 bits per heavy atom. The van der Waals surface area contributed by atoms with Gasteiger partial charge in [0.1, 0.15) is 0 Å². The van der Waals surface area contributed by atoms with Crippen molar-refractivity contribution in [2.24, 2.45) is 0 Å². The quantitative estimate of drug-likeness (QED) is 0.765. The van der Waals surface area contributed by atoms with Gasteiger partial charge in [-0.15, -0.1) is 0 Å². The van der Waals surface area contributed by atoms with Crippen LogP contribution in [0.15, 0.2) is 0 Å². The standard InChI is InChI=1S/C12H20N2O5/c1-9-7-13(2-4-18-9)12(17)14-3-5-19-10(8-14)6-11(15)16/h9-10H,2-8H2,1H3,(H,15,16). The van der Waals surface area contributed by atoms with Crippen LogP contribution < -0.4 is 0 Å². The molecule has 0 radical (unpaired) electrons. The second-order valence-corrected chi connectivity index (χ2v) is 4.95. The minimum Gasteiger partial charge on any atom is -0.481 e. The van der Waals surface area contributed by atoms with Gasteiger partial charge in [0.25, 0.3) is 0 Å². The van der Waals surface area contributed by atoms with E-state index in [-0.39, 0.29) is 18.6 Å². The van der Waals surface area contributed by atoms with Crippen LogP contribution in [0.5, 0.6) is 0 Å². The number of amides is 2. The molecule has 2 rings (SSSR count). The van der Waals surface area contributed by atoms with Crippen LogP contribution in [0.1, 0.15) is 13.3 Å². The van der Waals surface area contributed by atoms with E-state index in [1.165, 1.54) is 0 Å². The molecule has 2 atom stereocenters. The molecule has 2 fully saturated rings. The largest absolute Gasteiger partial charge is 0.481 e. The van der Waals surface area contributed by atoms with Crippen LogP contribution in [0.2, 0.25) is 0 Å². The number of urea groups is 1. The zero-order valence-corrected chi connectivity index (χ0v) is 11.1. The average molecular weight is 272 g/mol. The first-order valence-electron chi connectivity index (χ1n) is 6.55. The number of aliphatic carboxylic acids is 1. The minimum absolute atomic E-state index is 0.0474. The molecular formula is C12H20N2O5. The van der Waals surface area contributed by atoms with Crippen molar-refractivity contribution < 1.29 is 24.2 Å². The topological polar surface area (TPSA) is 79.3 Å². The maximum Gasteiger partial charge on any atom is 0.320 e. The summed E-state index contributed by atoms with van der Waals surface area (Å²) in [6.45, 7) is 4.91. The summed E-state index contributed by atoms with van der Waals surface area (Å²) in [5.74, 6) is -0.903. The van der Waals surface area contributed by atoms with Crippen LogP contribution in [0.4, 0.5) is 4.79 Å². The first-order chi connectivity index (χ1) is 9.06. The molecule has 0 aromatic heterocycles. The van der Waals surface area contributed by atoms with Gasteiger partial charge in [0.15, 0.2) is 0 Å². The van der Waals surface area contributed by atoms with E-state index in [2.05, 4.69) is 0 Å². The van der Waals surface area contributed by atoms with Gasteiger partial charge in [-0.1, -0.05) is 0 Å². The summed E-state index contributed by atoms with van der Waals surface area (Å²) in [6.07, 6.45) is -0.425. The highest BCUT2D eigenvalue weighted by molar-refractivity contribution is 5.75. The van der Waals surface area contributed by atoms with Crippen molar-refractivity contribution >= 4 is 12.0 Å². The SMILES string of the molecule is CC1CN(C(=O)N2CCOC(CC(=O)O)C2)CCO1. The van der Waals surface area contributed by atoms with Crippen molar-refractivity contribution in [3.8, 4) is 0 Å². The molecular weight excluding hydrogens is 252 g/mol. The van der Waals surface area contributed by atoms with Gasteiger partial charge < -0.3 is 24.4 Å². The number of carboxylic acid groups (broad SMARTS) is 1. The molecule has 0 aromatic carbocycles. The van der Waals surface area contributed by atoms with E-state index in [1.807, 2.05) is 6.92 Å².